The Morgan fingerprint density at radius 3 is 2.81 bits per heavy atom. The number of hydrogen-bond acceptors (Lipinski definition) is 4. The average molecular weight is 302 g/mol. The SMILES string of the molecule is O=C(O)c1nn(-c2ccc(Cl)c3cccnc23)ccc1=O. The molecule has 0 aliphatic rings. The molecule has 0 radical (unpaired) electrons. The van der Waals surface area contributed by atoms with Crippen LogP contribution in [-0.2, 0) is 0 Å². The maximum atomic E-state index is 11.5. The van der Waals surface area contributed by atoms with Crippen LogP contribution in [0.1, 0.15) is 10.5 Å². The second-order valence-corrected chi connectivity index (χ2v) is 4.65. The molecule has 21 heavy (non-hydrogen) atoms. The average Bonchev–Trinajstić information content (AvgIpc) is 2.48. The van der Waals surface area contributed by atoms with Crippen LogP contribution in [0, 0.1) is 0 Å². The summed E-state index contributed by atoms with van der Waals surface area (Å²) in [6, 6.07) is 8.04. The first-order chi connectivity index (χ1) is 10.1. The fraction of sp³-hybridized carbons (Fsp3) is 0. The van der Waals surface area contributed by atoms with Crippen molar-refractivity contribution in [3.8, 4) is 5.69 Å². The molecule has 0 unspecified atom stereocenters. The van der Waals surface area contributed by atoms with E-state index in [-0.39, 0.29) is 0 Å². The summed E-state index contributed by atoms with van der Waals surface area (Å²) >= 11 is 6.11. The number of aromatic nitrogens is 3. The number of carboxylic acids is 1. The van der Waals surface area contributed by atoms with Crippen molar-refractivity contribution in [2.45, 2.75) is 0 Å². The van der Waals surface area contributed by atoms with Gasteiger partial charge in [0, 0.05) is 23.8 Å². The lowest BCUT2D eigenvalue weighted by Gasteiger charge is -2.09. The molecule has 0 atom stereocenters. The molecule has 3 aromatic rings. The van der Waals surface area contributed by atoms with Gasteiger partial charge in [-0.05, 0) is 24.3 Å². The third-order valence-corrected chi connectivity index (χ3v) is 3.28. The molecule has 6 nitrogen and oxygen atoms in total. The smallest absolute Gasteiger partial charge is 0.360 e. The zero-order chi connectivity index (χ0) is 15.0. The number of rotatable bonds is 2. The minimum atomic E-state index is -1.37. The van der Waals surface area contributed by atoms with Crippen molar-refractivity contribution in [2.24, 2.45) is 0 Å². The number of benzene rings is 1. The van der Waals surface area contributed by atoms with E-state index in [4.69, 9.17) is 16.7 Å². The molecule has 2 heterocycles. The van der Waals surface area contributed by atoms with Gasteiger partial charge in [0.25, 0.3) is 0 Å². The summed E-state index contributed by atoms with van der Waals surface area (Å²) in [7, 11) is 0. The Bertz CT molecular complexity index is 921. The van der Waals surface area contributed by atoms with E-state index in [1.165, 1.54) is 10.9 Å². The van der Waals surface area contributed by atoms with E-state index in [0.29, 0.717) is 21.6 Å². The third-order valence-electron chi connectivity index (χ3n) is 2.95. The molecule has 0 saturated heterocycles. The van der Waals surface area contributed by atoms with Gasteiger partial charge in [0.1, 0.15) is 0 Å². The molecule has 2 aromatic heterocycles. The fourth-order valence-corrected chi connectivity index (χ4v) is 2.21. The standard InChI is InChI=1S/C14H8ClN3O3/c15-9-3-4-10(12-8(9)2-1-6-16-12)18-7-5-11(19)13(17-18)14(20)21/h1-7H,(H,20,21). The van der Waals surface area contributed by atoms with E-state index in [1.807, 2.05) is 0 Å². The predicted molar refractivity (Wildman–Crippen MR) is 77.1 cm³/mol. The van der Waals surface area contributed by atoms with Crippen molar-refractivity contribution < 1.29 is 9.90 Å². The van der Waals surface area contributed by atoms with Crippen molar-refractivity contribution in [2.75, 3.05) is 0 Å². The molecule has 0 bridgehead atoms. The van der Waals surface area contributed by atoms with Gasteiger partial charge in [-0.1, -0.05) is 11.6 Å². The monoisotopic (exact) mass is 301 g/mol. The molecule has 1 aromatic carbocycles. The molecular weight excluding hydrogens is 294 g/mol. The lowest BCUT2D eigenvalue weighted by atomic mass is 10.2. The summed E-state index contributed by atoms with van der Waals surface area (Å²) in [5.41, 5.74) is -0.0866. The molecule has 3 rings (SSSR count). The summed E-state index contributed by atoms with van der Waals surface area (Å²) in [5, 5.41) is 14.1. The first kappa shape index (κ1) is 13.3. The van der Waals surface area contributed by atoms with Gasteiger partial charge in [0.2, 0.25) is 11.1 Å². The Hall–Kier alpha value is -2.73. The van der Waals surface area contributed by atoms with Crippen LogP contribution in [0.2, 0.25) is 5.02 Å². The molecule has 7 heteroatoms. The molecule has 0 aliphatic heterocycles. The van der Waals surface area contributed by atoms with Crippen LogP contribution in [0.3, 0.4) is 0 Å². The second-order valence-electron chi connectivity index (χ2n) is 4.24. The highest BCUT2D eigenvalue weighted by Gasteiger charge is 2.13. The molecule has 0 amide bonds. The normalized spacial score (nSPS) is 10.7. The van der Waals surface area contributed by atoms with Crippen LogP contribution in [0.25, 0.3) is 16.6 Å². The molecule has 0 fully saturated rings. The number of carboxylic acid groups (broad SMARTS) is 1. The lowest BCUT2D eigenvalue weighted by molar-refractivity contribution is 0.0687. The second kappa shape index (κ2) is 4.99. The Labute approximate surface area is 123 Å². The van der Waals surface area contributed by atoms with E-state index in [0.717, 1.165) is 6.07 Å². The number of halogens is 1. The third kappa shape index (κ3) is 2.25. The molecule has 1 N–H and O–H groups in total. The van der Waals surface area contributed by atoms with Gasteiger partial charge in [-0.2, -0.15) is 5.10 Å². The summed E-state index contributed by atoms with van der Waals surface area (Å²) in [6.45, 7) is 0. The van der Waals surface area contributed by atoms with Crippen LogP contribution < -0.4 is 5.43 Å². The first-order valence-electron chi connectivity index (χ1n) is 5.95. The van der Waals surface area contributed by atoms with Gasteiger partial charge in [0.05, 0.1) is 16.2 Å². The van der Waals surface area contributed by atoms with Crippen LogP contribution in [0.5, 0.6) is 0 Å². The van der Waals surface area contributed by atoms with Gasteiger partial charge in [-0.3, -0.25) is 9.78 Å². The number of fused-ring (bicyclic) bond motifs is 1. The van der Waals surface area contributed by atoms with Crippen LogP contribution >= 0.6 is 11.6 Å². The minimum Gasteiger partial charge on any atom is -0.476 e. The van der Waals surface area contributed by atoms with Crippen molar-refractivity contribution in [3.63, 3.8) is 0 Å². The topological polar surface area (TPSA) is 85.1 Å². The maximum Gasteiger partial charge on any atom is 0.360 e. The molecule has 0 spiro atoms. The van der Waals surface area contributed by atoms with Crippen LogP contribution in [0.15, 0.2) is 47.5 Å². The fourth-order valence-electron chi connectivity index (χ4n) is 2.00. The van der Waals surface area contributed by atoms with E-state index in [1.54, 1.807) is 30.5 Å². The molecule has 104 valence electrons. The Morgan fingerprint density at radius 2 is 2.05 bits per heavy atom. The zero-order valence-electron chi connectivity index (χ0n) is 10.5. The van der Waals surface area contributed by atoms with E-state index in [2.05, 4.69) is 10.1 Å². The van der Waals surface area contributed by atoms with Crippen LogP contribution in [-0.4, -0.2) is 25.8 Å². The minimum absolute atomic E-state index is 0.529. The number of carbonyl (C=O) groups is 1. The number of pyridine rings is 1. The summed E-state index contributed by atoms with van der Waals surface area (Å²) in [4.78, 5) is 26.7. The first-order valence-corrected chi connectivity index (χ1v) is 6.32. The van der Waals surface area contributed by atoms with Crippen molar-refractivity contribution in [1.29, 1.82) is 0 Å². The molecule has 0 saturated carbocycles. The van der Waals surface area contributed by atoms with Crippen molar-refractivity contribution >= 4 is 28.5 Å². The number of aromatic carboxylic acids is 1. The van der Waals surface area contributed by atoms with Crippen molar-refractivity contribution in [3.05, 3.63) is 63.7 Å². The van der Waals surface area contributed by atoms with Gasteiger partial charge in [-0.15, -0.1) is 0 Å². The van der Waals surface area contributed by atoms with Gasteiger partial charge in [0.15, 0.2) is 0 Å². The van der Waals surface area contributed by atoms with Crippen molar-refractivity contribution in [1.82, 2.24) is 14.8 Å². The maximum absolute atomic E-state index is 11.5. The highest BCUT2D eigenvalue weighted by atomic mass is 35.5. The number of hydrogen-bond donors (Lipinski definition) is 1. The molecular formula is C14H8ClN3O3. The van der Waals surface area contributed by atoms with Crippen LogP contribution in [0.4, 0.5) is 0 Å². The quantitative estimate of drug-likeness (QED) is 0.783. The van der Waals surface area contributed by atoms with Gasteiger partial charge >= 0.3 is 5.97 Å². The van der Waals surface area contributed by atoms with E-state index >= 15 is 0 Å². The van der Waals surface area contributed by atoms with Gasteiger partial charge in [-0.25, -0.2) is 9.48 Å². The lowest BCUT2D eigenvalue weighted by Crippen LogP contribution is -2.20. The highest BCUT2D eigenvalue weighted by Crippen LogP contribution is 2.26. The summed E-state index contributed by atoms with van der Waals surface area (Å²) in [6.07, 6.45) is 2.99. The van der Waals surface area contributed by atoms with Gasteiger partial charge < -0.3 is 5.11 Å². The predicted octanol–water partition coefficient (Wildman–Crippen LogP) is 2.13. The summed E-state index contributed by atoms with van der Waals surface area (Å²) < 4.78 is 1.30. The Balaban J connectivity index is 2.31. The Morgan fingerprint density at radius 1 is 1.24 bits per heavy atom. The number of nitrogens with zero attached hydrogens (tertiary/aromatic N) is 3. The molecule has 0 aliphatic carbocycles. The highest BCUT2D eigenvalue weighted by molar-refractivity contribution is 6.35. The Kier molecular flexibility index (Phi) is 3.15. The largest absolute Gasteiger partial charge is 0.476 e. The summed E-state index contributed by atoms with van der Waals surface area (Å²) in [5.74, 6) is -1.37. The van der Waals surface area contributed by atoms with E-state index < -0.39 is 17.1 Å². The zero-order valence-corrected chi connectivity index (χ0v) is 11.3. The van der Waals surface area contributed by atoms with E-state index in [9.17, 15) is 9.59 Å².